The van der Waals surface area contributed by atoms with E-state index in [4.69, 9.17) is 10.5 Å². The van der Waals surface area contributed by atoms with Gasteiger partial charge in [0.2, 0.25) is 0 Å². The molecule has 0 saturated heterocycles. The Morgan fingerprint density at radius 3 is 2.59 bits per heavy atom. The van der Waals surface area contributed by atoms with Gasteiger partial charge in [0, 0.05) is 10.6 Å². The minimum absolute atomic E-state index is 0.207. The Hall–Kier alpha value is -1.16. The Morgan fingerprint density at radius 2 is 2.06 bits per heavy atom. The van der Waals surface area contributed by atoms with E-state index in [0.29, 0.717) is 5.75 Å². The van der Waals surface area contributed by atoms with Gasteiger partial charge in [0.25, 0.3) is 0 Å². The molecule has 0 radical (unpaired) electrons. The Bertz CT molecular complexity index is 410. The second-order valence-corrected chi connectivity index (χ2v) is 5.94. The van der Waals surface area contributed by atoms with Crippen molar-refractivity contribution in [2.24, 2.45) is 0 Å². The van der Waals surface area contributed by atoms with Crippen LogP contribution < -0.4 is 5.73 Å². The zero-order chi connectivity index (χ0) is 13.1. The van der Waals surface area contributed by atoms with Gasteiger partial charge in [-0.25, -0.2) is 0 Å². The zero-order valence-corrected chi connectivity index (χ0v) is 11.6. The Labute approximate surface area is 107 Å². The molecule has 0 aliphatic carbocycles. The fourth-order valence-electron chi connectivity index (χ4n) is 1.22. The number of nitrogens with two attached hydrogens (primary N) is 1. The van der Waals surface area contributed by atoms with Crippen molar-refractivity contribution in [2.75, 3.05) is 11.5 Å². The smallest absolute Gasteiger partial charge is 0.316 e. The van der Waals surface area contributed by atoms with Crippen LogP contribution in [-0.2, 0) is 9.53 Å². The van der Waals surface area contributed by atoms with Crippen molar-refractivity contribution in [3.05, 3.63) is 23.8 Å². The molecule has 0 aromatic heterocycles. The molecule has 0 aliphatic heterocycles. The van der Waals surface area contributed by atoms with E-state index in [2.05, 4.69) is 0 Å². The molecule has 0 bridgehead atoms. The van der Waals surface area contributed by atoms with Crippen molar-refractivity contribution in [2.45, 2.75) is 38.2 Å². The van der Waals surface area contributed by atoms with E-state index >= 15 is 0 Å². The van der Waals surface area contributed by atoms with Crippen LogP contribution in [0.1, 0.15) is 26.3 Å². The second kappa shape index (κ2) is 5.45. The number of hydrogen-bond donors (Lipinski definition) is 1. The standard InChI is InChI=1S/C13H19NO2S/c1-9-5-6-10(7-11(9)14)17-8-12(15)16-13(2,3)4/h5-7H,8,14H2,1-4H3. The molecule has 0 heterocycles. The molecule has 1 aromatic carbocycles. The first-order chi connectivity index (χ1) is 7.78. The molecule has 1 aromatic rings. The Balaban J connectivity index is 2.50. The number of ether oxygens (including phenoxy) is 1. The summed E-state index contributed by atoms with van der Waals surface area (Å²) in [5.74, 6) is 0.0985. The van der Waals surface area contributed by atoms with Crippen LogP contribution in [-0.4, -0.2) is 17.3 Å². The topological polar surface area (TPSA) is 52.3 Å². The third-order valence-electron chi connectivity index (χ3n) is 2.03. The molecule has 0 saturated carbocycles. The zero-order valence-electron chi connectivity index (χ0n) is 10.7. The maximum Gasteiger partial charge on any atom is 0.316 e. The summed E-state index contributed by atoms with van der Waals surface area (Å²) in [5.41, 5.74) is 7.17. The van der Waals surface area contributed by atoms with Crippen LogP contribution in [0.4, 0.5) is 5.69 Å². The van der Waals surface area contributed by atoms with Gasteiger partial charge >= 0.3 is 5.97 Å². The average Bonchev–Trinajstić information content (AvgIpc) is 2.17. The van der Waals surface area contributed by atoms with Crippen LogP contribution in [0, 0.1) is 6.92 Å². The lowest BCUT2D eigenvalue weighted by atomic mass is 10.2. The summed E-state index contributed by atoms with van der Waals surface area (Å²) in [5, 5.41) is 0. The van der Waals surface area contributed by atoms with Crippen molar-refractivity contribution in [1.82, 2.24) is 0 Å². The maximum absolute atomic E-state index is 11.5. The highest BCUT2D eigenvalue weighted by Gasteiger charge is 2.16. The van der Waals surface area contributed by atoms with E-state index in [1.807, 2.05) is 45.9 Å². The predicted octanol–water partition coefficient (Wildman–Crippen LogP) is 3.01. The van der Waals surface area contributed by atoms with Crippen LogP contribution in [0.15, 0.2) is 23.1 Å². The molecule has 0 spiro atoms. The van der Waals surface area contributed by atoms with Gasteiger partial charge in [-0.1, -0.05) is 6.07 Å². The van der Waals surface area contributed by atoms with E-state index in [1.165, 1.54) is 11.8 Å². The van der Waals surface area contributed by atoms with Gasteiger partial charge in [0.05, 0.1) is 5.75 Å². The maximum atomic E-state index is 11.5. The first kappa shape index (κ1) is 13.9. The van der Waals surface area contributed by atoms with Gasteiger partial charge in [-0.15, -0.1) is 11.8 Å². The monoisotopic (exact) mass is 253 g/mol. The third-order valence-corrected chi connectivity index (χ3v) is 2.99. The molecule has 2 N–H and O–H groups in total. The number of thioether (sulfide) groups is 1. The van der Waals surface area contributed by atoms with Gasteiger partial charge in [0.1, 0.15) is 5.60 Å². The molecular weight excluding hydrogens is 234 g/mol. The summed E-state index contributed by atoms with van der Waals surface area (Å²) >= 11 is 1.44. The first-order valence-electron chi connectivity index (χ1n) is 5.49. The van der Waals surface area contributed by atoms with Crippen molar-refractivity contribution in [1.29, 1.82) is 0 Å². The van der Waals surface area contributed by atoms with Crippen LogP contribution >= 0.6 is 11.8 Å². The van der Waals surface area contributed by atoms with E-state index in [0.717, 1.165) is 16.1 Å². The van der Waals surface area contributed by atoms with Crippen LogP contribution in [0.2, 0.25) is 0 Å². The molecule has 94 valence electrons. The number of carbonyl (C=O) groups excluding carboxylic acids is 1. The number of rotatable bonds is 3. The third kappa shape index (κ3) is 5.13. The largest absolute Gasteiger partial charge is 0.459 e. The lowest BCUT2D eigenvalue weighted by molar-refractivity contribution is -0.151. The number of aryl methyl sites for hydroxylation is 1. The number of benzene rings is 1. The highest BCUT2D eigenvalue weighted by atomic mass is 32.2. The van der Waals surface area contributed by atoms with Crippen LogP contribution in [0.3, 0.4) is 0 Å². The van der Waals surface area contributed by atoms with E-state index in [9.17, 15) is 4.79 Å². The van der Waals surface area contributed by atoms with Gasteiger partial charge in [-0.05, 0) is 45.4 Å². The molecule has 3 nitrogen and oxygen atoms in total. The first-order valence-corrected chi connectivity index (χ1v) is 6.47. The fourth-order valence-corrected chi connectivity index (χ4v) is 1.94. The van der Waals surface area contributed by atoms with Gasteiger partial charge < -0.3 is 10.5 Å². The number of hydrogen-bond acceptors (Lipinski definition) is 4. The summed E-state index contributed by atoms with van der Waals surface area (Å²) < 4.78 is 5.22. The van der Waals surface area contributed by atoms with Crippen LogP contribution in [0.5, 0.6) is 0 Å². The molecule has 0 unspecified atom stereocenters. The summed E-state index contributed by atoms with van der Waals surface area (Å²) in [4.78, 5) is 12.5. The highest BCUT2D eigenvalue weighted by Crippen LogP contribution is 2.23. The molecule has 1 rings (SSSR count). The lowest BCUT2D eigenvalue weighted by Gasteiger charge is -2.19. The summed E-state index contributed by atoms with van der Waals surface area (Å²) in [6, 6.07) is 5.79. The Morgan fingerprint density at radius 1 is 1.41 bits per heavy atom. The SMILES string of the molecule is Cc1ccc(SCC(=O)OC(C)(C)C)cc1N. The Kier molecular flexibility index (Phi) is 4.46. The number of esters is 1. The van der Waals surface area contributed by atoms with E-state index in [1.54, 1.807) is 0 Å². The van der Waals surface area contributed by atoms with Gasteiger partial charge in [-0.2, -0.15) is 0 Å². The van der Waals surface area contributed by atoms with Crippen molar-refractivity contribution in [3.8, 4) is 0 Å². The summed E-state index contributed by atoms with van der Waals surface area (Å²) in [7, 11) is 0. The molecule has 0 aliphatic rings. The number of carbonyl (C=O) groups is 1. The predicted molar refractivity (Wildman–Crippen MR) is 72.2 cm³/mol. The normalized spacial score (nSPS) is 11.3. The molecule has 4 heteroatoms. The van der Waals surface area contributed by atoms with Gasteiger partial charge in [0.15, 0.2) is 0 Å². The minimum Gasteiger partial charge on any atom is -0.459 e. The molecule has 0 amide bonds. The number of anilines is 1. The lowest BCUT2D eigenvalue weighted by Crippen LogP contribution is -2.24. The van der Waals surface area contributed by atoms with Crippen molar-refractivity contribution >= 4 is 23.4 Å². The fraction of sp³-hybridized carbons (Fsp3) is 0.462. The molecule has 17 heavy (non-hydrogen) atoms. The summed E-state index contributed by atoms with van der Waals surface area (Å²) in [6.45, 7) is 7.54. The second-order valence-electron chi connectivity index (χ2n) is 4.89. The summed E-state index contributed by atoms with van der Waals surface area (Å²) in [6.07, 6.45) is 0. The molecule has 0 fully saturated rings. The highest BCUT2D eigenvalue weighted by molar-refractivity contribution is 8.00. The van der Waals surface area contributed by atoms with Crippen molar-refractivity contribution in [3.63, 3.8) is 0 Å². The number of nitrogen functional groups attached to an aromatic ring is 1. The van der Waals surface area contributed by atoms with Crippen LogP contribution in [0.25, 0.3) is 0 Å². The molecule has 0 atom stereocenters. The molecular formula is C13H19NO2S. The van der Waals surface area contributed by atoms with Crippen molar-refractivity contribution < 1.29 is 9.53 Å². The van der Waals surface area contributed by atoms with Gasteiger partial charge in [-0.3, -0.25) is 4.79 Å². The average molecular weight is 253 g/mol. The minimum atomic E-state index is -0.427. The van der Waals surface area contributed by atoms with E-state index in [-0.39, 0.29) is 5.97 Å². The van der Waals surface area contributed by atoms with E-state index < -0.39 is 5.60 Å². The quantitative estimate of drug-likeness (QED) is 0.511.